The van der Waals surface area contributed by atoms with Crippen LogP contribution in [0.3, 0.4) is 0 Å². The summed E-state index contributed by atoms with van der Waals surface area (Å²) in [5.74, 6) is 1.33. The molecule has 0 radical (unpaired) electrons. The Kier molecular flexibility index (Phi) is 6.60. The summed E-state index contributed by atoms with van der Waals surface area (Å²) in [7, 11) is 0. The molecular formula is C26H30N4O. The Hall–Kier alpha value is -3.21. The van der Waals surface area contributed by atoms with Crippen molar-refractivity contribution >= 4 is 11.9 Å². The van der Waals surface area contributed by atoms with Gasteiger partial charge in [0.1, 0.15) is 0 Å². The predicted octanol–water partition coefficient (Wildman–Crippen LogP) is 4.59. The lowest BCUT2D eigenvalue weighted by Gasteiger charge is -2.33. The van der Waals surface area contributed by atoms with E-state index in [-0.39, 0.29) is 11.9 Å². The zero-order chi connectivity index (χ0) is 21.6. The summed E-state index contributed by atoms with van der Waals surface area (Å²) < 4.78 is 0. The first kappa shape index (κ1) is 21.0. The average molecular weight is 415 g/mol. The minimum absolute atomic E-state index is 0.00449. The van der Waals surface area contributed by atoms with Crippen LogP contribution in [0.4, 0.5) is 5.95 Å². The summed E-state index contributed by atoms with van der Waals surface area (Å²) in [6.07, 6.45) is 5.02. The van der Waals surface area contributed by atoms with Gasteiger partial charge in [-0.3, -0.25) is 4.79 Å². The minimum Gasteiger partial charge on any atom is -0.354 e. The molecule has 1 aromatic heterocycles. The second-order valence-corrected chi connectivity index (χ2v) is 8.44. The summed E-state index contributed by atoms with van der Waals surface area (Å²) in [6, 6.07) is 21.3. The maximum absolute atomic E-state index is 11.2. The van der Waals surface area contributed by atoms with Gasteiger partial charge in [-0.25, -0.2) is 9.97 Å². The fourth-order valence-corrected chi connectivity index (χ4v) is 4.38. The molecule has 1 saturated heterocycles. The Labute approximate surface area is 184 Å². The van der Waals surface area contributed by atoms with Crippen molar-refractivity contribution in [3.63, 3.8) is 0 Å². The summed E-state index contributed by atoms with van der Waals surface area (Å²) in [5.41, 5.74) is 4.61. The Bertz CT molecular complexity index is 1000. The lowest BCUT2D eigenvalue weighted by atomic mass is 9.91. The zero-order valence-corrected chi connectivity index (χ0v) is 18.3. The molecule has 3 aromatic rings. The summed E-state index contributed by atoms with van der Waals surface area (Å²) >= 11 is 0. The van der Waals surface area contributed by atoms with Crippen molar-refractivity contribution in [2.45, 2.75) is 45.1 Å². The van der Waals surface area contributed by atoms with Gasteiger partial charge < -0.3 is 10.2 Å². The smallest absolute Gasteiger partial charge is 0.225 e. The Morgan fingerprint density at radius 2 is 1.90 bits per heavy atom. The van der Waals surface area contributed by atoms with E-state index >= 15 is 0 Å². The molecule has 0 aliphatic carbocycles. The van der Waals surface area contributed by atoms with Gasteiger partial charge in [0, 0.05) is 43.7 Å². The van der Waals surface area contributed by atoms with E-state index in [1.54, 1.807) is 6.92 Å². The van der Waals surface area contributed by atoms with Crippen LogP contribution >= 0.6 is 0 Å². The second kappa shape index (κ2) is 9.73. The maximum atomic E-state index is 11.2. The third-order valence-electron chi connectivity index (χ3n) is 5.86. The Morgan fingerprint density at radius 3 is 2.65 bits per heavy atom. The number of rotatable bonds is 6. The maximum Gasteiger partial charge on any atom is 0.225 e. The first-order valence-corrected chi connectivity index (χ1v) is 11.1. The molecule has 1 aliphatic rings. The molecule has 160 valence electrons. The molecule has 0 saturated carbocycles. The number of benzene rings is 2. The molecule has 4 rings (SSSR count). The van der Waals surface area contributed by atoms with Gasteiger partial charge in [-0.2, -0.15) is 0 Å². The normalized spacial score (nSPS) is 17.2. The predicted molar refractivity (Wildman–Crippen MR) is 125 cm³/mol. The number of nitrogens with one attached hydrogen (secondary N) is 1. The van der Waals surface area contributed by atoms with Crippen LogP contribution in [0.5, 0.6) is 0 Å². The topological polar surface area (TPSA) is 58.1 Å². The third-order valence-corrected chi connectivity index (χ3v) is 5.86. The first-order chi connectivity index (χ1) is 15.1. The quantitative estimate of drug-likeness (QED) is 0.641. The van der Waals surface area contributed by atoms with Gasteiger partial charge in [0.05, 0.1) is 5.69 Å². The molecule has 2 aromatic carbocycles. The van der Waals surface area contributed by atoms with E-state index < -0.39 is 0 Å². The van der Waals surface area contributed by atoms with Crippen molar-refractivity contribution in [1.29, 1.82) is 0 Å². The molecule has 1 fully saturated rings. The van der Waals surface area contributed by atoms with Gasteiger partial charge in [0.2, 0.25) is 11.9 Å². The molecule has 1 N–H and O–H groups in total. The van der Waals surface area contributed by atoms with E-state index in [2.05, 4.69) is 69.8 Å². The average Bonchev–Trinajstić information content (AvgIpc) is 2.80. The standard InChI is InChI=1S/C26H30N4O/c1-19(28-20(2)31)17-21-10-12-23(13-11-21)25-14-15-27-26(29-25)30-16-6-9-24(18-30)22-7-4-3-5-8-22/h3-5,7-8,10-15,19,24H,6,9,16-18H2,1-2H3,(H,28,31). The van der Waals surface area contributed by atoms with E-state index in [0.717, 1.165) is 43.1 Å². The molecule has 2 unspecified atom stereocenters. The monoisotopic (exact) mass is 414 g/mol. The number of piperidine rings is 1. The van der Waals surface area contributed by atoms with Gasteiger partial charge in [0.25, 0.3) is 0 Å². The van der Waals surface area contributed by atoms with Crippen molar-refractivity contribution < 1.29 is 4.79 Å². The van der Waals surface area contributed by atoms with Crippen LogP contribution in [0.2, 0.25) is 0 Å². The van der Waals surface area contributed by atoms with Gasteiger partial charge in [0.15, 0.2) is 0 Å². The lowest BCUT2D eigenvalue weighted by molar-refractivity contribution is -0.119. The van der Waals surface area contributed by atoms with Crippen LogP contribution in [0.1, 0.15) is 43.7 Å². The van der Waals surface area contributed by atoms with Gasteiger partial charge in [-0.15, -0.1) is 0 Å². The molecule has 2 heterocycles. The number of hydrogen-bond acceptors (Lipinski definition) is 4. The lowest BCUT2D eigenvalue weighted by Crippen LogP contribution is -2.35. The second-order valence-electron chi connectivity index (χ2n) is 8.44. The number of carbonyl (C=O) groups excluding carboxylic acids is 1. The van der Waals surface area contributed by atoms with Crippen molar-refractivity contribution in [3.8, 4) is 11.3 Å². The number of carbonyl (C=O) groups is 1. The number of aromatic nitrogens is 2. The highest BCUT2D eigenvalue weighted by Crippen LogP contribution is 2.29. The van der Waals surface area contributed by atoms with Crippen LogP contribution in [0.25, 0.3) is 11.3 Å². The highest BCUT2D eigenvalue weighted by Gasteiger charge is 2.23. The summed E-state index contributed by atoms with van der Waals surface area (Å²) in [4.78, 5) is 23.0. The summed E-state index contributed by atoms with van der Waals surface area (Å²) in [5, 5.41) is 2.93. The molecule has 31 heavy (non-hydrogen) atoms. The van der Waals surface area contributed by atoms with E-state index in [1.807, 2.05) is 19.2 Å². The van der Waals surface area contributed by atoms with E-state index in [4.69, 9.17) is 4.98 Å². The minimum atomic E-state index is 0.00449. The van der Waals surface area contributed by atoms with E-state index in [0.29, 0.717) is 5.92 Å². The largest absolute Gasteiger partial charge is 0.354 e. The molecule has 5 heteroatoms. The number of nitrogens with zero attached hydrogens (tertiary/aromatic N) is 3. The van der Waals surface area contributed by atoms with Crippen molar-refractivity contribution in [3.05, 3.63) is 78.0 Å². The van der Waals surface area contributed by atoms with Gasteiger partial charge in [-0.1, -0.05) is 54.6 Å². The van der Waals surface area contributed by atoms with Crippen molar-refractivity contribution in [2.24, 2.45) is 0 Å². The van der Waals surface area contributed by atoms with E-state index in [1.165, 1.54) is 17.5 Å². The van der Waals surface area contributed by atoms with Crippen LogP contribution in [0.15, 0.2) is 66.9 Å². The molecule has 5 nitrogen and oxygen atoms in total. The molecule has 1 amide bonds. The van der Waals surface area contributed by atoms with Gasteiger partial charge >= 0.3 is 0 Å². The van der Waals surface area contributed by atoms with Crippen molar-refractivity contribution in [1.82, 2.24) is 15.3 Å². The highest BCUT2D eigenvalue weighted by atomic mass is 16.1. The number of hydrogen-bond donors (Lipinski definition) is 1. The van der Waals surface area contributed by atoms with Crippen LogP contribution in [0, 0.1) is 0 Å². The van der Waals surface area contributed by atoms with Crippen LogP contribution in [-0.4, -0.2) is 35.0 Å². The number of amides is 1. The third kappa shape index (κ3) is 5.48. The van der Waals surface area contributed by atoms with Crippen LogP contribution < -0.4 is 10.2 Å². The first-order valence-electron chi connectivity index (χ1n) is 11.1. The molecular weight excluding hydrogens is 384 g/mol. The Morgan fingerprint density at radius 1 is 1.13 bits per heavy atom. The SMILES string of the molecule is CC(=O)NC(C)Cc1ccc(-c2ccnc(N3CCCC(c4ccccc4)C3)n2)cc1. The Balaban J connectivity index is 1.46. The fraction of sp³-hybridized carbons (Fsp3) is 0.346. The molecule has 0 spiro atoms. The summed E-state index contributed by atoms with van der Waals surface area (Å²) in [6.45, 7) is 5.52. The fourth-order valence-electron chi connectivity index (χ4n) is 4.38. The number of anilines is 1. The molecule has 2 atom stereocenters. The zero-order valence-electron chi connectivity index (χ0n) is 18.3. The molecule has 1 aliphatic heterocycles. The molecule has 0 bridgehead atoms. The highest BCUT2D eigenvalue weighted by molar-refractivity contribution is 5.73. The van der Waals surface area contributed by atoms with Crippen molar-refractivity contribution in [2.75, 3.05) is 18.0 Å². The van der Waals surface area contributed by atoms with Gasteiger partial charge in [-0.05, 0) is 43.4 Å². The van der Waals surface area contributed by atoms with E-state index in [9.17, 15) is 4.79 Å². The van der Waals surface area contributed by atoms with Crippen LogP contribution in [-0.2, 0) is 11.2 Å².